The van der Waals surface area contributed by atoms with Gasteiger partial charge < -0.3 is 10.2 Å². The minimum Gasteiger partial charge on any atom is -0.368 e. The molecule has 0 aliphatic carbocycles. The Labute approximate surface area is 175 Å². The molecule has 1 atom stereocenters. The van der Waals surface area contributed by atoms with Crippen molar-refractivity contribution in [3.63, 3.8) is 0 Å². The smallest absolute Gasteiger partial charge is 0.368 e. The second kappa shape index (κ2) is 9.03. The van der Waals surface area contributed by atoms with Crippen LogP contribution in [0.5, 0.6) is 0 Å². The second-order valence-electron chi connectivity index (χ2n) is 7.04. The number of nitrogens with zero attached hydrogens (tertiary/aromatic N) is 4. The molecule has 30 heavy (non-hydrogen) atoms. The van der Waals surface area contributed by atoms with Crippen LogP contribution in [0.25, 0.3) is 5.82 Å². The lowest BCUT2D eigenvalue weighted by Gasteiger charge is -2.33. The number of amides is 1. The minimum absolute atomic E-state index is 0.0343. The molecule has 162 valence electrons. The fourth-order valence-electron chi connectivity index (χ4n) is 3.29. The van der Waals surface area contributed by atoms with Crippen molar-refractivity contribution in [2.24, 2.45) is 5.92 Å². The van der Waals surface area contributed by atoms with Gasteiger partial charge in [0, 0.05) is 25.8 Å². The van der Waals surface area contributed by atoms with Crippen LogP contribution in [0.2, 0.25) is 5.02 Å². The summed E-state index contributed by atoms with van der Waals surface area (Å²) in [6, 6.07) is 1.88. The standard InChI is InChI=1S/C19H21ClF3N5O2/c1-2-7-24-17(29)12-4-3-8-27(11-12)14-10-26-28(18(30)16(14)20)15-6-5-13(9-25-15)19(21,22)23/h5-6,9-10,12H,2-4,7-8,11H2,1H3,(H,24,29). The van der Waals surface area contributed by atoms with Gasteiger partial charge in [0.1, 0.15) is 5.02 Å². The topological polar surface area (TPSA) is 80.1 Å². The van der Waals surface area contributed by atoms with Crippen molar-refractivity contribution in [2.45, 2.75) is 32.4 Å². The molecule has 1 amide bonds. The summed E-state index contributed by atoms with van der Waals surface area (Å²) in [4.78, 5) is 30.5. The van der Waals surface area contributed by atoms with Crippen LogP contribution in [0.1, 0.15) is 31.7 Å². The van der Waals surface area contributed by atoms with E-state index in [-0.39, 0.29) is 22.7 Å². The number of hydrogen-bond acceptors (Lipinski definition) is 5. The van der Waals surface area contributed by atoms with E-state index in [4.69, 9.17) is 11.6 Å². The molecule has 0 spiro atoms. The van der Waals surface area contributed by atoms with Gasteiger partial charge in [-0.2, -0.15) is 23.0 Å². The van der Waals surface area contributed by atoms with Gasteiger partial charge in [-0.05, 0) is 31.4 Å². The molecule has 1 aliphatic heterocycles. The number of piperidine rings is 1. The maximum absolute atomic E-state index is 12.7. The monoisotopic (exact) mass is 443 g/mol. The molecular weight excluding hydrogens is 423 g/mol. The number of hydrogen-bond donors (Lipinski definition) is 1. The zero-order valence-corrected chi connectivity index (χ0v) is 17.0. The highest BCUT2D eigenvalue weighted by Crippen LogP contribution is 2.29. The Balaban J connectivity index is 1.82. The highest BCUT2D eigenvalue weighted by Gasteiger charge is 2.31. The Morgan fingerprint density at radius 1 is 1.33 bits per heavy atom. The van der Waals surface area contributed by atoms with E-state index in [1.807, 2.05) is 11.8 Å². The van der Waals surface area contributed by atoms with Crippen molar-refractivity contribution in [1.82, 2.24) is 20.1 Å². The van der Waals surface area contributed by atoms with Gasteiger partial charge in [-0.25, -0.2) is 4.98 Å². The lowest BCUT2D eigenvalue weighted by atomic mass is 9.97. The van der Waals surface area contributed by atoms with Crippen molar-refractivity contribution >= 4 is 23.2 Å². The van der Waals surface area contributed by atoms with Gasteiger partial charge in [0.25, 0.3) is 5.56 Å². The predicted molar refractivity (Wildman–Crippen MR) is 106 cm³/mol. The Kier molecular flexibility index (Phi) is 6.64. The molecular formula is C19H21ClF3N5O2. The van der Waals surface area contributed by atoms with E-state index in [0.29, 0.717) is 31.5 Å². The van der Waals surface area contributed by atoms with E-state index in [1.165, 1.54) is 6.20 Å². The number of rotatable bonds is 5. The number of pyridine rings is 1. The van der Waals surface area contributed by atoms with Gasteiger partial charge in [0.15, 0.2) is 5.82 Å². The van der Waals surface area contributed by atoms with Crippen LogP contribution < -0.4 is 15.8 Å². The molecule has 0 aromatic carbocycles. The maximum atomic E-state index is 12.7. The quantitative estimate of drug-likeness (QED) is 0.768. The summed E-state index contributed by atoms with van der Waals surface area (Å²) >= 11 is 6.27. The van der Waals surface area contributed by atoms with E-state index < -0.39 is 17.3 Å². The SMILES string of the molecule is CCCNC(=O)C1CCCN(c2cnn(-c3ccc(C(F)(F)F)cn3)c(=O)c2Cl)C1. The van der Waals surface area contributed by atoms with E-state index in [1.54, 1.807) is 0 Å². The van der Waals surface area contributed by atoms with E-state index >= 15 is 0 Å². The molecule has 1 unspecified atom stereocenters. The van der Waals surface area contributed by atoms with Crippen molar-refractivity contribution in [3.8, 4) is 5.82 Å². The van der Waals surface area contributed by atoms with E-state index in [0.717, 1.165) is 36.1 Å². The fourth-order valence-corrected chi connectivity index (χ4v) is 3.54. The molecule has 7 nitrogen and oxygen atoms in total. The van der Waals surface area contributed by atoms with Crippen LogP contribution in [0.4, 0.5) is 18.9 Å². The molecule has 0 saturated carbocycles. The molecule has 0 radical (unpaired) electrons. The predicted octanol–water partition coefficient (Wildman–Crippen LogP) is 3.04. The van der Waals surface area contributed by atoms with Gasteiger partial charge in [-0.15, -0.1) is 0 Å². The van der Waals surface area contributed by atoms with Gasteiger partial charge in [0.2, 0.25) is 5.91 Å². The molecule has 3 rings (SSSR count). The first-order valence-corrected chi connectivity index (χ1v) is 9.94. The largest absolute Gasteiger partial charge is 0.417 e. The van der Waals surface area contributed by atoms with Crippen molar-refractivity contribution in [2.75, 3.05) is 24.5 Å². The Morgan fingerprint density at radius 3 is 2.73 bits per heavy atom. The van der Waals surface area contributed by atoms with Crippen LogP contribution in [0, 0.1) is 5.92 Å². The first-order chi connectivity index (χ1) is 14.2. The zero-order valence-electron chi connectivity index (χ0n) is 16.2. The zero-order chi connectivity index (χ0) is 21.9. The number of carbonyl (C=O) groups is 1. The van der Waals surface area contributed by atoms with Gasteiger partial charge in [0.05, 0.1) is 23.4 Å². The molecule has 2 aromatic rings. The molecule has 0 bridgehead atoms. The number of nitrogens with one attached hydrogen (secondary N) is 1. The highest BCUT2D eigenvalue weighted by atomic mass is 35.5. The Bertz CT molecular complexity index is 962. The molecule has 1 aliphatic rings. The summed E-state index contributed by atoms with van der Waals surface area (Å²) < 4.78 is 39.0. The number of aromatic nitrogens is 3. The maximum Gasteiger partial charge on any atom is 0.417 e. The average Bonchev–Trinajstić information content (AvgIpc) is 2.73. The summed E-state index contributed by atoms with van der Waals surface area (Å²) in [5, 5.41) is 6.78. The van der Waals surface area contributed by atoms with Crippen LogP contribution >= 0.6 is 11.6 Å². The van der Waals surface area contributed by atoms with E-state index in [2.05, 4.69) is 15.4 Å². The molecule has 2 aromatic heterocycles. The lowest BCUT2D eigenvalue weighted by molar-refractivity contribution is -0.137. The van der Waals surface area contributed by atoms with Crippen molar-refractivity contribution in [3.05, 3.63) is 45.5 Å². The summed E-state index contributed by atoms with van der Waals surface area (Å²) in [6.07, 6.45) is -0.188. The first kappa shape index (κ1) is 22.1. The van der Waals surface area contributed by atoms with Crippen molar-refractivity contribution in [1.29, 1.82) is 0 Å². The van der Waals surface area contributed by atoms with Crippen LogP contribution in [-0.4, -0.2) is 40.3 Å². The van der Waals surface area contributed by atoms with Gasteiger partial charge in [-0.3, -0.25) is 9.59 Å². The molecule has 11 heteroatoms. The minimum atomic E-state index is -4.53. The molecule has 1 saturated heterocycles. The van der Waals surface area contributed by atoms with Crippen LogP contribution in [0.3, 0.4) is 0 Å². The normalized spacial score (nSPS) is 17.1. The summed E-state index contributed by atoms with van der Waals surface area (Å²) in [7, 11) is 0. The van der Waals surface area contributed by atoms with Crippen LogP contribution in [-0.2, 0) is 11.0 Å². The van der Waals surface area contributed by atoms with Crippen molar-refractivity contribution < 1.29 is 18.0 Å². The molecule has 3 heterocycles. The van der Waals surface area contributed by atoms with Gasteiger partial charge >= 0.3 is 6.18 Å². The van der Waals surface area contributed by atoms with Gasteiger partial charge in [-0.1, -0.05) is 18.5 Å². The Morgan fingerprint density at radius 2 is 2.10 bits per heavy atom. The highest BCUT2D eigenvalue weighted by molar-refractivity contribution is 6.33. The second-order valence-corrected chi connectivity index (χ2v) is 7.42. The summed E-state index contributed by atoms with van der Waals surface area (Å²) in [5.41, 5.74) is -1.24. The third-order valence-corrected chi connectivity index (χ3v) is 5.23. The fraction of sp³-hybridized carbons (Fsp3) is 0.474. The van der Waals surface area contributed by atoms with E-state index in [9.17, 15) is 22.8 Å². The number of halogens is 4. The molecule has 1 fully saturated rings. The summed E-state index contributed by atoms with van der Waals surface area (Å²) in [6.45, 7) is 3.59. The number of carbonyl (C=O) groups excluding carboxylic acids is 1. The summed E-state index contributed by atoms with van der Waals surface area (Å²) in [5.74, 6) is -0.328. The van der Waals surface area contributed by atoms with Crippen LogP contribution in [0.15, 0.2) is 29.3 Å². The third kappa shape index (κ3) is 4.75. The molecule has 1 N–H and O–H groups in total. The third-order valence-electron chi connectivity index (χ3n) is 4.87. The Hall–Kier alpha value is -2.62. The lowest BCUT2D eigenvalue weighted by Crippen LogP contribution is -2.44. The number of alkyl halides is 3. The first-order valence-electron chi connectivity index (χ1n) is 9.56. The average molecular weight is 444 g/mol. The number of anilines is 1.